The lowest BCUT2D eigenvalue weighted by Crippen LogP contribution is -2.13. The number of hydrogen-bond acceptors (Lipinski definition) is 3. The molecule has 3 nitrogen and oxygen atoms in total. The van der Waals surface area contributed by atoms with Crippen LogP contribution in [0.15, 0.2) is 30.3 Å². The van der Waals surface area contributed by atoms with Crippen molar-refractivity contribution in [1.29, 1.82) is 0 Å². The molecule has 0 heterocycles. The van der Waals surface area contributed by atoms with Gasteiger partial charge in [0.15, 0.2) is 5.78 Å². The van der Waals surface area contributed by atoms with Crippen LogP contribution in [0.5, 0.6) is 0 Å². The Morgan fingerprint density at radius 1 is 1.33 bits per heavy atom. The van der Waals surface area contributed by atoms with Crippen molar-refractivity contribution in [2.45, 2.75) is 11.8 Å². The summed E-state index contributed by atoms with van der Waals surface area (Å²) in [6.07, 6.45) is -0.292. The first-order chi connectivity index (χ1) is 7.15. The Balaban J connectivity index is 2.65. The van der Waals surface area contributed by atoms with E-state index in [4.69, 9.17) is 11.6 Å². The standard InChI is InChI=1S/C11H11ClO3/c1-15-10(14)7-9(13)11(12)8-5-3-2-4-6-8/h2-6,11H,7H2,1H3. The summed E-state index contributed by atoms with van der Waals surface area (Å²) in [6.45, 7) is 0. The van der Waals surface area contributed by atoms with E-state index in [1.807, 2.05) is 6.07 Å². The summed E-state index contributed by atoms with van der Waals surface area (Å²) in [6, 6.07) is 8.89. The van der Waals surface area contributed by atoms with Crippen molar-refractivity contribution in [2.75, 3.05) is 7.11 Å². The molecule has 80 valence electrons. The number of esters is 1. The normalized spacial score (nSPS) is 11.9. The SMILES string of the molecule is COC(=O)CC(=O)C(Cl)c1ccccc1. The quantitative estimate of drug-likeness (QED) is 0.449. The third-order valence-electron chi connectivity index (χ3n) is 1.92. The van der Waals surface area contributed by atoms with Gasteiger partial charge in [0.2, 0.25) is 0 Å². The van der Waals surface area contributed by atoms with E-state index in [2.05, 4.69) is 4.74 Å². The van der Waals surface area contributed by atoms with E-state index in [1.54, 1.807) is 24.3 Å². The molecule has 0 saturated heterocycles. The van der Waals surface area contributed by atoms with E-state index in [0.717, 1.165) is 0 Å². The third kappa shape index (κ3) is 3.36. The fraction of sp³-hybridized carbons (Fsp3) is 0.273. The number of methoxy groups -OCH3 is 1. The monoisotopic (exact) mass is 226 g/mol. The minimum Gasteiger partial charge on any atom is -0.469 e. The van der Waals surface area contributed by atoms with Gasteiger partial charge in [-0.1, -0.05) is 30.3 Å². The van der Waals surface area contributed by atoms with Gasteiger partial charge in [0.05, 0.1) is 7.11 Å². The molecular formula is C11H11ClO3. The third-order valence-corrected chi connectivity index (χ3v) is 2.42. The van der Waals surface area contributed by atoms with Crippen molar-refractivity contribution in [1.82, 2.24) is 0 Å². The second-order valence-corrected chi connectivity index (χ2v) is 3.43. The molecule has 0 aliphatic heterocycles. The van der Waals surface area contributed by atoms with E-state index >= 15 is 0 Å². The van der Waals surface area contributed by atoms with Gasteiger partial charge in [0.1, 0.15) is 11.8 Å². The van der Waals surface area contributed by atoms with E-state index in [0.29, 0.717) is 5.56 Å². The van der Waals surface area contributed by atoms with E-state index < -0.39 is 11.3 Å². The maximum Gasteiger partial charge on any atom is 0.313 e. The summed E-state index contributed by atoms with van der Waals surface area (Å²) in [5.41, 5.74) is 0.688. The van der Waals surface area contributed by atoms with E-state index in [-0.39, 0.29) is 12.2 Å². The summed E-state index contributed by atoms with van der Waals surface area (Å²) >= 11 is 5.90. The fourth-order valence-electron chi connectivity index (χ4n) is 1.11. The number of carbonyl (C=O) groups excluding carboxylic acids is 2. The number of benzene rings is 1. The molecule has 0 N–H and O–H groups in total. The molecular weight excluding hydrogens is 216 g/mol. The Bertz CT molecular complexity index is 348. The molecule has 1 aromatic rings. The van der Waals surface area contributed by atoms with Crippen LogP contribution < -0.4 is 0 Å². The Hall–Kier alpha value is -1.35. The van der Waals surface area contributed by atoms with E-state index in [1.165, 1.54) is 7.11 Å². The predicted octanol–water partition coefficient (Wildman–Crippen LogP) is 2.10. The number of ketones is 1. The van der Waals surface area contributed by atoms with Gasteiger partial charge in [0, 0.05) is 0 Å². The number of Topliss-reactive ketones (excluding diaryl/α,β-unsaturated/α-hetero) is 1. The molecule has 1 atom stereocenters. The van der Waals surface area contributed by atoms with Gasteiger partial charge < -0.3 is 4.74 Å². The molecule has 15 heavy (non-hydrogen) atoms. The number of ether oxygens (including phenoxy) is 1. The van der Waals surface area contributed by atoms with Crippen LogP contribution in [0, 0.1) is 0 Å². The van der Waals surface area contributed by atoms with Crippen molar-refractivity contribution in [3.63, 3.8) is 0 Å². The van der Waals surface area contributed by atoms with Crippen LogP contribution in [0.4, 0.5) is 0 Å². The topological polar surface area (TPSA) is 43.4 Å². The van der Waals surface area contributed by atoms with Crippen LogP contribution in [0.1, 0.15) is 17.4 Å². The summed E-state index contributed by atoms with van der Waals surface area (Å²) in [5.74, 6) is -0.920. The van der Waals surface area contributed by atoms with Gasteiger partial charge >= 0.3 is 5.97 Å². The van der Waals surface area contributed by atoms with Crippen molar-refractivity contribution < 1.29 is 14.3 Å². The Labute approximate surface area is 93.0 Å². The minimum atomic E-state index is -0.787. The highest BCUT2D eigenvalue weighted by Crippen LogP contribution is 2.22. The number of alkyl halides is 1. The molecule has 1 unspecified atom stereocenters. The van der Waals surface area contributed by atoms with Crippen molar-refractivity contribution in [2.24, 2.45) is 0 Å². The maximum absolute atomic E-state index is 11.5. The predicted molar refractivity (Wildman–Crippen MR) is 56.7 cm³/mol. The number of rotatable bonds is 4. The Kier molecular flexibility index (Phi) is 4.31. The fourth-order valence-corrected chi connectivity index (χ4v) is 1.33. The number of halogens is 1. The van der Waals surface area contributed by atoms with Crippen LogP contribution in [0.3, 0.4) is 0 Å². The molecule has 0 fully saturated rings. The first kappa shape index (κ1) is 11.7. The maximum atomic E-state index is 11.5. The highest BCUT2D eigenvalue weighted by molar-refractivity contribution is 6.32. The molecule has 0 spiro atoms. The summed E-state index contributed by atoms with van der Waals surface area (Å²) in [5, 5.41) is -0.787. The molecule has 4 heteroatoms. The molecule has 0 amide bonds. The lowest BCUT2D eigenvalue weighted by molar-refractivity contribution is -0.143. The first-order valence-corrected chi connectivity index (χ1v) is 4.87. The van der Waals surface area contributed by atoms with Gasteiger partial charge in [-0.05, 0) is 5.56 Å². The van der Waals surface area contributed by atoms with Gasteiger partial charge in [-0.25, -0.2) is 0 Å². The first-order valence-electron chi connectivity index (χ1n) is 4.43. The average molecular weight is 227 g/mol. The van der Waals surface area contributed by atoms with Gasteiger partial charge in [0.25, 0.3) is 0 Å². The van der Waals surface area contributed by atoms with Crippen LogP contribution >= 0.6 is 11.6 Å². The molecule has 1 rings (SSSR count). The lowest BCUT2D eigenvalue weighted by Gasteiger charge is -2.07. The summed E-state index contributed by atoms with van der Waals surface area (Å²) < 4.78 is 4.39. The van der Waals surface area contributed by atoms with Gasteiger partial charge in [-0.2, -0.15) is 0 Å². The van der Waals surface area contributed by atoms with Crippen LogP contribution in [0.25, 0.3) is 0 Å². The van der Waals surface area contributed by atoms with Crippen LogP contribution in [0.2, 0.25) is 0 Å². The van der Waals surface area contributed by atoms with Crippen molar-refractivity contribution in [3.8, 4) is 0 Å². The average Bonchev–Trinajstić information content (AvgIpc) is 2.29. The largest absolute Gasteiger partial charge is 0.469 e. The zero-order valence-electron chi connectivity index (χ0n) is 8.27. The lowest BCUT2D eigenvalue weighted by atomic mass is 10.1. The highest BCUT2D eigenvalue weighted by atomic mass is 35.5. The van der Waals surface area contributed by atoms with Crippen LogP contribution in [-0.2, 0) is 14.3 Å². The molecule has 0 aromatic heterocycles. The number of carbonyl (C=O) groups is 2. The summed E-state index contributed by atoms with van der Waals surface area (Å²) in [7, 11) is 1.24. The van der Waals surface area contributed by atoms with Crippen LogP contribution in [-0.4, -0.2) is 18.9 Å². The minimum absolute atomic E-state index is 0.292. The molecule has 0 bridgehead atoms. The van der Waals surface area contributed by atoms with Gasteiger partial charge in [-0.3, -0.25) is 9.59 Å². The van der Waals surface area contributed by atoms with E-state index in [9.17, 15) is 9.59 Å². The van der Waals surface area contributed by atoms with Crippen molar-refractivity contribution in [3.05, 3.63) is 35.9 Å². The second kappa shape index (κ2) is 5.51. The second-order valence-electron chi connectivity index (χ2n) is 2.99. The summed E-state index contributed by atoms with van der Waals surface area (Å²) in [4.78, 5) is 22.3. The molecule has 1 aromatic carbocycles. The zero-order valence-corrected chi connectivity index (χ0v) is 9.03. The molecule has 0 radical (unpaired) electrons. The molecule has 0 aliphatic carbocycles. The Morgan fingerprint density at radius 3 is 2.47 bits per heavy atom. The molecule has 0 saturated carbocycles. The van der Waals surface area contributed by atoms with Gasteiger partial charge in [-0.15, -0.1) is 11.6 Å². The zero-order chi connectivity index (χ0) is 11.3. The Morgan fingerprint density at radius 2 is 1.93 bits per heavy atom. The number of hydrogen-bond donors (Lipinski definition) is 0. The highest BCUT2D eigenvalue weighted by Gasteiger charge is 2.20. The smallest absolute Gasteiger partial charge is 0.313 e. The van der Waals surface area contributed by atoms with Crippen molar-refractivity contribution >= 4 is 23.4 Å². The molecule has 0 aliphatic rings.